The molecule has 0 aliphatic heterocycles. The summed E-state index contributed by atoms with van der Waals surface area (Å²) in [6.45, 7) is 5.35. The van der Waals surface area contributed by atoms with Gasteiger partial charge >= 0.3 is 0 Å². The first kappa shape index (κ1) is 20.4. The van der Waals surface area contributed by atoms with Crippen molar-refractivity contribution < 1.29 is 17.9 Å². The monoisotopic (exact) mass is 440 g/mol. The molecule has 0 aromatic heterocycles. The van der Waals surface area contributed by atoms with Crippen LogP contribution in [-0.4, -0.2) is 27.5 Å². The van der Waals surface area contributed by atoms with E-state index in [9.17, 15) is 13.2 Å². The van der Waals surface area contributed by atoms with Gasteiger partial charge in [-0.3, -0.25) is 4.79 Å². The van der Waals surface area contributed by atoms with Gasteiger partial charge in [-0.1, -0.05) is 15.9 Å². The SMILES string of the molecule is COc1ccc(C(=O)Nc2ccc(Br)c(C)c2)cc1S(=O)(=O)NC(C)C. The highest BCUT2D eigenvalue weighted by Crippen LogP contribution is 2.26. The molecule has 0 aliphatic carbocycles. The van der Waals surface area contributed by atoms with E-state index >= 15 is 0 Å². The van der Waals surface area contributed by atoms with Crippen LogP contribution < -0.4 is 14.8 Å². The molecule has 0 heterocycles. The number of methoxy groups -OCH3 is 1. The van der Waals surface area contributed by atoms with Crippen LogP contribution >= 0.6 is 15.9 Å². The number of sulfonamides is 1. The Labute approximate surface area is 162 Å². The number of hydrogen-bond acceptors (Lipinski definition) is 4. The molecule has 2 rings (SSSR count). The zero-order valence-corrected chi connectivity index (χ0v) is 17.4. The third-order valence-electron chi connectivity index (χ3n) is 3.52. The Kier molecular flexibility index (Phi) is 6.44. The van der Waals surface area contributed by atoms with Crippen molar-refractivity contribution in [2.75, 3.05) is 12.4 Å². The van der Waals surface area contributed by atoms with Gasteiger partial charge in [0.2, 0.25) is 10.0 Å². The quantitative estimate of drug-likeness (QED) is 0.716. The number of carbonyl (C=O) groups is 1. The van der Waals surface area contributed by atoms with E-state index in [1.54, 1.807) is 19.9 Å². The van der Waals surface area contributed by atoms with Crippen molar-refractivity contribution in [3.05, 3.63) is 52.0 Å². The number of anilines is 1. The number of benzene rings is 2. The second-order valence-electron chi connectivity index (χ2n) is 6.06. The molecule has 0 aliphatic rings. The lowest BCUT2D eigenvalue weighted by Crippen LogP contribution is -2.30. The van der Waals surface area contributed by atoms with Gasteiger partial charge in [-0.2, -0.15) is 0 Å². The second-order valence-corrected chi connectivity index (χ2v) is 8.60. The lowest BCUT2D eigenvalue weighted by atomic mass is 10.2. The lowest BCUT2D eigenvalue weighted by Gasteiger charge is -2.14. The third-order valence-corrected chi connectivity index (χ3v) is 6.09. The number of halogens is 1. The van der Waals surface area contributed by atoms with E-state index in [0.29, 0.717) is 5.69 Å². The number of aryl methyl sites for hydroxylation is 1. The Morgan fingerprint density at radius 3 is 2.42 bits per heavy atom. The summed E-state index contributed by atoms with van der Waals surface area (Å²) >= 11 is 3.41. The summed E-state index contributed by atoms with van der Waals surface area (Å²) in [6, 6.07) is 9.43. The predicted octanol–water partition coefficient (Wildman–Crippen LogP) is 3.71. The van der Waals surface area contributed by atoms with Crippen LogP contribution in [0.5, 0.6) is 5.75 Å². The molecule has 1 amide bonds. The molecule has 0 bridgehead atoms. The first-order valence-electron chi connectivity index (χ1n) is 7.92. The molecule has 2 aromatic rings. The van der Waals surface area contributed by atoms with E-state index < -0.39 is 15.9 Å². The Bertz CT molecular complexity index is 927. The van der Waals surface area contributed by atoms with Crippen LogP contribution in [0, 0.1) is 6.92 Å². The zero-order chi connectivity index (χ0) is 19.5. The summed E-state index contributed by atoms with van der Waals surface area (Å²) in [5, 5.41) is 2.77. The van der Waals surface area contributed by atoms with Gasteiger partial charge in [-0.25, -0.2) is 13.1 Å². The smallest absolute Gasteiger partial charge is 0.255 e. The first-order valence-corrected chi connectivity index (χ1v) is 10.2. The van der Waals surface area contributed by atoms with Crippen molar-refractivity contribution in [3.8, 4) is 5.75 Å². The normalized spacial score (nSPS) is 11.5. The molecule has 0 spiro atoms. The summed E-state index contributed by atoms with van der Waals surface area (Å²) in [6.07, 6.45) is 0. The van der Waals surface area contributed by atoms with Gasteiger partial charge in [0.05, 0.1) is 7.11 Å². The van der Waals surface area contributed by atoms with Crippen LogP contribution in [-0.2, 0) is 10.0 Å². The Hall–Kier alpha value is -1.90. The van der Waals surface area contributed by atoms with E-state index in [-0.39, 0.29) is 22.3 Å². The molecule has 0 radical (unpaired) electrons. The highest BCUT2D eigenvalue weighted by Gasteiger charge is 2.22. The molecule has 0 unspecified atom stereocenters. The van der Waals surface area contributed by atoms with Gasteiger partial charge in [0.1, 0.15) is 10.6 Å². The summed E-state index contributed by atoms with van der Waals surface area (Å²) < 4.78 is 33.6. The maximum absolute atomic E-state index is 12.5. The van der Waals surface area contributed by atoms with Gasteiger partial charge in [0.25, 0.3) is 5.91 Å². The zero-order valence-electron chi connectivity index (χ0n) is 15.0. The van der Waals surface area contributed by atoms with Crippen molar-refractivity contribution >= 4 is 37.5 Å². The minimum absolute atomic E-state index is 0.0756. The van der Waals surface area contributed by atoms with Crippen LogP contribution in [0.25, 0.3) is 0 Å². The van der Waals surface area contributed by atoms with Gasteiger partial charge in [0.15, 0.2) is 0 Å². The maximum Gasteiger partial charge on any atom is 0.255 e. The third kappa shape index (κ3) is 4.84. The molecular formula is C18H21BrN2O4S. The van der Waals surface area contributed by atoms with Crippen molar-refractivity contribution in [3.63, 3.8) is 0 Å². The molecule has 0 saturated carbocycles. The van der Waals surface area contributed by atoms with Gasteiger partial charge < -0.3 is 10.1 Å². The number of ether oxygens (including phenoxy) is 1. The molecule has 6 nitrogen and oxygen atoms in total. The van der Waals surface area contributed by atoms with Crippen molar-refractivity contribution in [1.29, 1.82) is 0 Å². The van der Waals surface area contributed by atoms with Gasteiger partial charge in [0, 0.05) is 21.8 Å². The summed E-state index contributed by atoms with van der Waals surface area (Å²) in [7, 11) is -2.42. The summed E-state index contributed by atoms with van der Waals surface area (Å²) in [5.74, 6) is -0.232. The topological polar surface area (TPSA) is 84.5 Å². The molecule has 0 atom stereocenters. The van der Waals surface area contributed by atoms with Gasteiger partial charge in [-0.05, 0) is 62.7 Å². The molecule has 8 heteroatoms. The fourth-order valence-electron chi connectivity index (χ4n) is 2.33. The minimum atomic E-state index is -3.80. The van der Waals surface area contributed by atoms with Crippen LogP contribution in [0.2, 0.25) is 0 Å². The first-order chi connectivity index (χ1) is 12.1. The highest BCUT2D eigenvalue weighted by molar-refractivity contribution is 9.10. The van der Waals surface area contributed by atoms with Crippen molar-refractivity contribution in [1.82, 2.24) is 4.72 Å². The Morgan fingerprint density at radius 2 is 1.85 bits per heavy atom. The second kappa shape index (κ2) is 8.20. The number of carbonyl (C=O) groups excluding carboxylic acids is 1. The lowest BCUT2D eigenvalue weighted by molar-refractivity contribution is 0.102. The Morgan fingerprint density at radius 1 is 1.15 bits per heavy atom. The molecule has 26 heavy (non-hydrogen) atoms. The minimum Gasteiger partial charge on any atom is -0.495 e. The van der Waals surface area contributed by atoms with Crippen LogP contribution in [0.4, 0.5) is 5.69 Å². The molecule has 0 saturated heterocycles. The number of amides is 1. The van der Waals surface area contributed by atoms with Crippen molar-refractivity contribution in [2.45, 2.75) is 31.7 Å². The van der Waals surface area contributed by atoms with E-state index in [1.807, 2.05) is 19.1 Å². The largest absolute Gasteiger partial charge is 0.495 e. The molecule has 2 aromatic carbocycles. The predicted molar refractivity (Wildman–Crippen MR) is 105 cm³/mol. The highest BCUT2D eigenvalue weighted by atomic mass is 79.9. The summed E-state index contributed by atoms with van der Waals surface area (Å²) in [4.78, 5) is 12.5. The number of hydrogen-bond donors (Lipinski definition) is 2. The molecule has 2 N–H and O–H groups in total. The maximum atomic E-state index is 12.5. The van der Waals surface area contributed by atoms with Crippen LogP contribution in [0.15, 0.2) is 45.8 Å². The standard InChI is InChI=1S/C18H21BrN2O4S/c1-11(2)21-26(23,24)17-10-13(5-8-16(17)25-4)18(22)20-14-6-7-15(19)12(3)9-14/h5-11,21H,1-4H3,(H,20,22). The van der Waals surface area contributed by atoms with E-state index in [1.165, 1.54) is 25.3 Å². The number of nitrogens with one attached hydrogen (secondary N) is 2. The number of rotatable bonds is 6. The van der Waals surface area contributed by atoms with E-state index in [2.05, 4.69) is 26.0 Å². The van der Waals surface area contributed by atoms with E-state index in [0.717, 1.165) is 10.0 Å². The summed E-state index contributed by atoms with van der Waals surface area (Å²) in [5.41, 5.74) is 1.81. The Balaban J connectivity index is 2.36. The average molecular weight is 441 g/mol. The molecule has 140 valence electrons. The molecule has 0 fully saturated rings. The van der Waals surface area contributed by atoms with E-state index in [4.69, 9.17) is 4.74 Å². The van der Waals surface area contributed by atoms with Crippen molar-refractivity contribution in [2.24, 2.45) is 0 Å². The van der Waals surface area contributed by atoms with Gasteiger partial charge in [-0.15, -0.1) is 0 Å². The average Bonchev–Trinajstić information content (AvgIpc) is 2.56. The fraction of sp³-hybridized carbons (Fsp3) is 0.278. The van der Waals surface area contributed by atoms with Crippen LogP contribution in [0.3, 0.4) is 0 Å². The molecular weight excluding hydrogens is 420 g/mol. The fourth-order valence-corrected chi connectivity index (χ4v) is 4.02. The van der Waals surface area contributed by atoms with Crippen LogP contribution in [0.1, 0.15) is 29.8 Å².